The van der Waals surface area contributed by atoms with E-state index in [-0.39, 0.29) is 25.0 Å². The molecule has 178 valence electrons. The molecule has 7 nitrogen and oxygen atoms in total. The van der Waals surface area contributed by atoms with E-state index in [0.717, 1.165) is 22.3 Å². The Balaban J connectivity index is 1.41. The van der Waals surface area contributed by atoms with Crippen molar-refractivity contribution in [3.63, 3.8) is 0 Å². The second kappa shape index (κ2) is 10.8. The van der Waals surface area contributed by atoms with Crippen LogP contribution in [0.25, 0.3) is 11.1 Å². The first-order valence-electron chi connectivity index (χ1n) is 11.3. The molecule has 2 atom stereocenters. The molecule has 2 aliphatic rings. The molecule has 0 saturated carbocycles. The number of carbonyl (C=O) groups excluding carboxylic acids is 2. The Hall–Kier alpha value is -3.26. The number of nitrogens with zero attached hydrogens (tertiary/aromatic N) is 1. The molecule has 0 radical (unpaired) electrons. The van der Waals surface area contributed by atoms with E-state index in [1.807, 2.05) is 36.4 Å². The van der Waals surface area contributed by atoms with Crippen LogP contribution in [0.4, 0.5) is 4.79 Å². The maximum atomic E-state index is 13.1. The minimum absolute atomic E-state index is 0.0732. The lowest BCUT2D eigenvalue weighted by Crippen LogP contribution is -2.53. The first kappa shape index (κ1) is 23.9. The summed E-state index contributed by atoms with van der Waals surface area (Å²) in [5.41, 5.74) is 4.51. The van der Waals surface area contributed by atoms with Crippen LogP contribution >= 0.6 is 11.8 Å². The van der Waals surface area contributed by atoms with Gasteiger partial charge in [-0.05, 0) is 35.1 Å². The number of amides is 2. The van der Waals surface area contributed by atoms with Gasteiger partial charge in [0.1, 0.15) is 17.9 Å². The van der Waals surface area contributed by atoms with Crippen LogP contribution in [0, 0.1) is 0 Å². The zero-order valence-corrected chi connectivity index (χ0v) is 19.6. The van der Waals surface area contributed by atoms with E-state index < -0.39 is 23.4 Å². The molecule has 2 amide bonds. The molecule has 8 heteroatoms. The average Bonchev–Trinajstić information content (AvgIpc) is 3.18. The molecule has 2 unspecified atom stereocenters. The Morgan fingerprint density at radius 1 is 1.15 bits per heavy atom. The van der Waals surface area contributed by atoms with Crippen LogP contribution < -0.4 is 5.32 Å². The van der Waals surface area contributed by atoms with E-state index >= 15 is 0 Å². The summed E-state index contributed by atoms with van der Waals surface area (Å²) >= 11 is 1.33. The van der Waals surface area contributed by atoms with Crippen molar-refractivity contribution in [3.8, 4) is 11.1 Å². The summed E-state index contributed by atoms with van der Waals surface area (Å²) in [6, 6.07) is 15.4. The summed E-state index contributed by atoms with van der Waals surface area (Å²) in [5.74, 6) is -0.755. The zero-order valence-electron chi connectivity index (χ0n) is 18.8. The Labute approximate surface area is 203 Å². The maximum Gasteiger partial charge on any atom is 0.407 e. The van der Waals surface area contributed by atoms with E-state index in [1.165, 1.54) is 16.7 Å². The summed E-state index contributed by atoms with van der Waals surface area (Å²) in [6.07, 6.45) is 1.93. The van der Waals surface area contributed by atoms with Crippen molar-refractivity contribution < 1.29 is 24.2 Å². The number of fused-ring (bicyclic) bond motifs is 3. The van der Waals surface area contributed by atoms with Crippen molar-refractivity contribution in [2.75, 3.05) is 25.4 Å². The minimum Gasteiger partial charge on any atom is -0.480 e. The van der Waals surface area contributed by atoms with Crippen molar-refractivity contribution in [2.45, 2.75) is 30.1 Å². The minimum atomic E-state index is -0.936. The fourth-order valence-corrected chi connectivity index (χ4v) is 5.58. The third kappa shape index (κ3) is 5.12. The number of hydrogen-bond donors (Lipinski definition) is 2. The lowest BCUT2D eigenvalue weighted by atomic mass is 9.98. The molecule has 0 bridgehead atoms. The van der Waals surface area contributed by atoms with Gasteiger partial charge in [-0.2, -0.15) is 0 Å². The fourth-order valence-electron chi connectivity index (χ4n) is 4.54. The van der Waals surface area contributed by atoms with Crippen LogP contribution in [-0.2, 0) is 14.3 Å². The molecule has 34 heavy (non-hydrogen) atoms. The Morgan fingerprint density at radius 3 is 2.41 bits per heavy atom. The Kier molecular flexibility index (Phi) is 7.57. The Morgan fingerprint density at radius 2 is 1.79 bits per heavy atom. The SMILES string of the molecule is C=CCCC(NC(=O)OCC1c2ccccc2-c2ccccc21)C(=O)N1CCSC(C(=O)O)C1. The number of carbonyl (C=O) groups is 3. The summed E-state index contributed by atoms with van der Waals surface area (Å²) in [7, 11) is 0. The summed E-state index contributed by atoms with van der Waals surface area (Å²) in [4.78, 5) is 38.7. The van der Waals surface area contributed by atoms with E-state index in [4.69, 9.17) is 4.74 Å². The summed E-state index contributed by atoms with van der Waals surface area (Å²) in [6.45, 7) is 4.43. The predicted molar refractivity (Wildman–Crippen MR) is 132 cm³/mol. The van der Waals surface area contributed by atoms with Crippen molar-refractivity contribution in [1.29, 1.82) is 0 Å². The van der Waals surface area contributed by atoms with E-state index in [2.05, 4.69) is 24.0 Å². The number of benzene rings is 2. The van der Waals surface area contributed by atoms with Gasteiger partial charge in [0.2, 0.25) is 5.91 Å². The summed E-state index contributed by atoms with van der Waals surface area (Å²) < 4.78 is 5.60. The lowest BCUT2D eigenvalue weighted by molar-refractivity contribution is -0.138. The molecule has 4 rings (SSSR count). The number of alkyl carbamates (subject to hydrolysis) is 1. The normalized spacial score (nSPS) is 17.9. The molecule has 2 aromatic carbocycles. The lowest BCUT2D eigenvalue weighted by Gasteiger charge is -2.33. The first-order chi connectivity index (χ1) is 16.5. The highest BCUT2D eigenvalue weighted by molar-refractivity contribution is 8.00. The van der Waals surface area contributed by atoms with Crippen molar-refractivity contribution in [1.82, 2.24) is 10.2 Å². The number of rotatable bonds is 8. The van der Waals surface area contributed by atoms with Crippen LogP contribution in [0.3, 0.4) is 0 Å². The number of ether oxygens (including phenoxy) is 1. The van der Waals surface area contributed by atoms with E-state index in [1.54, 1.807) is 6.08 Å². The largest absolute Gasteiger partial charge is 0.480 e. The number of thioether (sulfide) groups is 1. The van der Waals surface area contributed by atoms with Gasteiger partial charge in [-0.25, -0.2) is 4.79 Å². The predicted octanol–water partition coefficient (Wildman–Crippen LogP) is 3.89. The quantitative estimate of drug-likeness (QED) is 0.557. The van der Waals surface area contributed by atoms with Crippen molar-refractivity contribution in [2.24, 2.45) is 0 Å². The number of allylic oxidation sites excluding steroid dienone is 1. The van der Waals surface area contributed by atoms with Crippen molar-refractivity contribution in [3.05, 3.63) is 72.3 Å². The van der Waals surface area contributed by atoms with Crippen LogP contribution in [0.5, 0.6) is 0 Å². The highest BCUT2D eigenvalue weighted by Gasteiger charge is 2.33. The molecule has 1 aliphatic carbocycles. The average molecular weight is 481 g/mol. The number of aliphatic carboxylic acids is 1. The summed E-state index contributed by atoms with van der Waals surface area (Å²) in [5, 5.41) is 11.4. The first-order valence-corrected chi connectivity index (χ1v) is 12.4. The molecular weight excluding hydrogens is 452 g/mol. The van der Waals surface area contributed by atoms with Gasteiger partial charge >= 0.3 is 12.1 Å². The molecule has 1 aliphatic heterocycles. The molecule has 1 saturated heterocycles. The van der Waals surface area contributed by atoms with Gasteiger partial charge in [0.25, 0.3) is 0 Å². The number of carboxylic acid groups (broad SMARTS) is 1. The van der Waals surface area contributed by atoms with Gasteiger partial charge < -0.3 is 20.1 Å². The topological polar surface area (TPSA) is 95.9 Å². The third-order valence-corrected chi connectivity index (χ3v) is 7.42. The van der Waals surface area contributed by atoms with Crippen LogP contribution in [0.1, 0.15) is 29.9 Å². The Bertz CT molecular complexity index is 1040. The molecule has 2 N–H and O–H groups in total. The van der Waals surface area contributed by atoms with Crippen LogP contribution in [0.15, 0.2) is 61.2 Å². The van der Waals surface area contributed by atoms with Crippen LogP contribution in [-0.4, -0.2) is 64.7 Å². The van der Waals surface area contributed by atoms with Crippen molar-refractivity contribution >= 4 is 29.7 Å². The molecule has 1 heterocycles. The molecular formula is C26H28N2O5S. The maximum absolute atomic E-state index is 13.1. The highest BCUT2D eigenvalue weighted by atomic mass is 32.2. The smallest absolute Gasteiger partial charge is 0.407 e. The van der Waals surface area contributed by atoms with Crippen LogP contribution in [0.2, 0.25) is 0 Å². The number of nitrogens with one attached hydrogen (secondary N) is 1. The van der Waals surface area contributed by atoms with Gasteiger partial charge in [0.05, 0.1) is 0 Å². The van der Waals surface area contributed by atoms with Gasteiger partial charge in [-0.1, -0.05) is 54.6 Å². The molecule has 0 aromatic heterocycles. The highest BCUT2D eigenvalue weighted by Crippen LogP contribution is 2.44. The fraction of sp³-hybridized carbons (Fsp3) is 0.346. The van der Waals surface area contributed by atoms with Gasteiger partial charge in [0, 0.05) is 24.8 Å². The molecule has 2 aromatic rings. The standard InChI is InChI=1S/C26H28N2O5S/c1-2-3-12-22(24(29)28-13-14-34-23(15-28)25(30)31)27-26(32)33-16-21-19-10-6-4-8-17(19)18-9-5-7-11-20(18)21/h2,4-11,21-23H,1,3,12-16H2,(H,27,32)(H,30,31). The zero-order chi connectivity index (χ0) is 24.1. The number of carboxylic acids is 1. The molecule has 1 fully saturated rings. The second-order valence-corrected chi connectivity index (χ2v) is 9.68. The van der Waals surface area contributed by atoms with E-state index in [0.29, 0.717) is 25.1 Å². The van der Waals surface area contributed by atoms with Gasteiger partial charge in [-0.3, -0.25) is 9.59 Å². The molecule has 0 spiro atoms. The van der Waals surface area contributed by atoms with E-state index in [9.17, 15) is 19.5 Å². The third-order valence-electron chi connectivity index (χ3n) is 6.25. The monoisotopic (exact) mass is 480 g/mol. The second-order valence-electron chi connectivity index (χ2n) is 8.37. The number of hydrogen-bond acceptors (Lipinski definition) is 5. The van der Waals surface area contributed by atoms with Gasteiger partial charge in [-0.15, -0.1) is 18.3 Å². The van der Waals surface area contributed by atoms with Gasteiger partial charge in [0.15, 0.2) is 0 Å².